The first-order valence-electron chi connectivity index (χ1n) is 3.97. The van der Waals surface area contributed by atoms with Gasteiger partial charge >= 0.3 is 6.09 Å². The number of phenols is 1. The number of amides is 1. The summed E-state index contributed by atoms with van der Waals surface area (Å²) in [7, 11) is 0. The van der Waals surface area contributed by atoms with Gasteiger partial charge in [0.15, 0.2) is 0 Å². The quantitative estimate of drug-likeness (QED) is 0.553. The molecule has 0 radical (unpaired) electrons. The van der Waals surface area contributed by atoms with E-state index in [9.17, 15) is 4.79 Å². The normalized spacial score (nSPS) is 10.1. The van der Waals surface area contributed by atoms with Gasteiger partial charge in [0.2, 0.25) is 0 Å². The maximum Gasteiger partial charge on any atom is 0.433 e. The Morgan fingerprint density at radius 3 is 3.07 bits per heavy atom. The van der Waals surface area contributed by atoms with Crippen LogP contribution in [-0.4, -0.2) is 17.4 Å². The van der Waals surface area contributed by atoms with Gasteiger partial charge < -0.3 is 9.84 Å². The van der Waals surface area contributed by atoms with Crippen molar-refractivity contribution in [3.8, 4) is 11.5 Å². The molecule has 0 unspecified atom stereocenters. The molecule has 2 N–H and O–H groups in total. The van der Waals surface area contributed by atoms with Crippen LogP contribution >= 0.6 is 0 Å². The van der Waals surface area contributed by atoms with Gasteiger partial charge in [0, 0.05) is 12.3 Å². The molecule has 1 aromatic carbocycles. The molecule has 0 aromatic heterocycles. The third-order valence-corrected chi connectivity index (χ3v) is 1.31. The molecule has 1 amide bonds. The topological polar surface area (TPSA) is 70.9 Å². The minimum atomic E-state index is -0.700. The summed E-state index contributed by atoms with van der Waals surface area (Å²) in [6.07, 6.45) is 0.720. The zero-order chi connectivity index (χ0) is 10.4. The Bertz CT molecular complexity index is 350. The van der Waals surface area contributed by atoms with Crippen LogP contribution in [0.15, 0.2) is 29.4 Å². The van der Waals surface area contributed by atoms with Crippen molar-refractivity contribution in [3.05, 3.63) is 24.3 Å². The number of hydrogen-bond donors (Lipinski definition) is 2. The number of rotatable bonds is 2. The van der Waals surface area contributed by atoms with E-state index in [1.807, 2.05) is 0 Å². The summed E-state index contributed by atoms with van der Waals surface area (Å²) in [6, 6.07) is 5.93. The third-order valence-electron chi connectivity index (χ3n) is 1.31. The second-order valence-corrected chi connectivity index (χ2v) is 2.39. The van der Waals surface area contributed by atoms with E-state index in [2.05, 4.69) is 10.5 Å². The second-order valence-electron chi connectivity index (χ2n) is 2.39. The van der Waals surface area contributed by atoms with Crippen LogP contribution in [0.2, 0.25) is 0 Å². The number of phenolic OH excluding ortho intramolecular Hbond substituents is 1. The lowest BCUT2D eigenvalue weighted by molar-refractivity contribution is 0.201. The highest BCUT2D eigenvalue weighted by molar-refractivity contribution is 5.71. The highest BCUT2D eigenvalue weighted by Crippen LogP contribution is 2.17. The van der Waals surface area contributed by atoms with Crippen LogP contribution in [0.4, 0.5) is 4.79 Å². The van der Waals surface area contributed by atoms with Crippen LogP contribution in [0, 0.1) is 0 Å². The lowest BCUT2D eigenvalue weighted by Gasteiger charge is -2.02. The standard InChI is InChI=1S/C9H10N2O3/c1-2-10-11-9(13)14-8-5-3-4-7(12)6-8/h2-6,12H,1H3,(H,11,13)/b10-2+. The molecule has 5 heteroatoms. The minimum Gasteiger partial charge on any atom is -0.508 e. The fourth-order valence-electron chi connectivity index (χ4n) is 0.794. The van der Waals surface area contributed by atoms with Crippen LogP contribution in [-0.2, 0) is 0 Å². The van der Waals surface area contributed by atoms with Gasteiger partial charge in [-0.15, -0.1) is 0 Å². The average molecular weight is 194 g/mol. The summed E-state index contributed by atoms with van der Waals surface area (Å²) in [5.41, 5.74) is 2.13. The van der Waals surface area contributed by atoms with Gasteiger partial charge in [-0.25, -0.2) is 10.2 Å². The molecule has 0 spiro atoms. The highest BCUT2D eigenvalue weighted by atomic mass is 16.6. The van der Waals surface area contributed by atoms with Crippen molar-refractivity contribution in [2.24, 2.45) is 5.10 Å². The van der Waals surface area contributed by atoms with Crippen LogP contribution < -0.4 is 10.2 Å². The molecule has 0 atom stereocenters. The number of carbonyl (C=O) groups is 1. The molecule has 0 heterocycles. The summed E-state index contributed by atoms with van der Waals surface area (Å²) in [6.45, 7) is 1.66. The Balaban J connectivity index is 2.56. The number of hydrazone groups is 1. The Hall–Kier alpha value is -2.04. The van der Waals surface area contributed by atoms with E-state index in [1.165, 1.54) is 18.3 Å². The molecule has 14 heavy (non-hydrogen) atoms. The number of nitrogens with one attached hydrogen (secondary N) is 1. The van der Waals surface area contributed by atoms with Crippen molar-refractivity contribution in [1.82, 2.24) is 5.43 Å². The molecule has 0 bridgehead atoms. The molecule has 74 valence electrons. The SMILES string of the molecule is C/C=N/NC(=O)Oc1cccc(O)c1. The van der Waals surface area contributed by atoms with Gasteiger partial charge in [0.1, 0.15) is 11.5 Å². The minimum absolute atomic E-state index is 0.0364. The van der Waals surface area contributed by atoms with Crippen molar-refractivity contribution in [1.29, 1.82) is 0 Å². The van der Waals surface area contributed by atoms with Crippen LogP contribution in [0.3, 0.4) is 0 Å². The Morgan fingerprint density at radius 2 is 2.43 bits per heavy atom. The summed E-state index contributed by atoms with van der Waals surface area (Å²) in [4.78, 5) is 11.0. The summed E-state index contributed by atoms with van der Waals surface area (Å²) < 4.78 is 4.77. The van der Waals surface area contributed by atoms with E-state index in [0.717, 1.165) is 0 Å². The monoisotopic (exact) mass is 194 g/mol. The number of aromatic hydroxyl groups is 1. The molecule has 1 aromatic rings. The molecule has 5 nitrogen and oxygen atoms in total. The smallest absolute Gasteiger partial charge is 0.433 e. The number of benzene rings is 1. The third kappa shape index (κ3) is 3.14. The van der Waals surface area contributed by atoms with Gasteiger partial charge in [-0.1, -0.05) is 6.07 Å². The van der Waals surface area contributed by atoms with Crippen molar-refractivity contribution in [3.63, 3.8) is 0 Å². The Labute approximate surface area is 81.0 Å². The van der Waals surface area contributed by atoms with Gasteiger partial charge in [0.05, 0.1) is 0 Å². The van der Waals surface area contributed by atoms with E-state index >= 15 is 0 Å². The number of hydrogen-bond acceptors (Lipinski definition) is 4. The fourth-order valence-corrected chi connectivity index (χ4v) is 0.794. The first-order valence-corrected chi connectivity index (χ1v) is 3.97. The predicted octanol–water partition coefficient (Wildman–Crippen LogP) is 1.49. The van der Waals surface area contributed by atoms with Gasteiger partial charge in [0.25, 0.3) is 0 Å². The number of carbonyl (C=O) groups excluding carboxylic acids is 1. The molecule has 0 saturated heterocycles. The van der Waals surface area contributed by atoms with Crippen molar-refractivity contribution < 1.29 is 14.6 Å². The predicted molar refractivity (Wildman–Crippen MR) is 51.4 cm³/mol. The zero-order valence-electron chi connectivity index (χ0n) is 7.60. The van der Waals surface area contributed by atoms with E-state index in [-0.39, 0.29) is 11.5 Å². The largest absolute Gasteiger partial charge is 0.508 e. The average Bonchev–Trinajstić information content (AvgIpc) is 2.15. The maximum atomic E-state index is 11.0. The molecule has 0 fully saturated rings. The number of ether oxygens (including phenoxy) is 1. The first-order chi connectivity index (χ1) is 6.72. The Morgan fingerprint density at radius 1 is 1.64 bits per heavy atom. The van der Waals surface area contributed by atoms with E-state index in [4.69, 9.17) is 9.84 Å². The summed E-state index contributed by atoms with van der Waals surface area (Å²) in [5, 5.41) is 12.5. The molecule has 0 aliphatic rings. The first kappa shape index (κ1) is 10.0. The van der Waals surface area contributed by atoms with Crippen molar-refractivity contribution in [2.75, 3.05) is 0 Å². The van der Waals surface area contributed by atoms with Gasteiger partial charge in [-0.3, -0.25) is 0 Å². The summed E-state index contributed by atoms with van der Waals surface area (Å²) >= 11 is 0. The van der Waals surface area contributed by atoms with E-state index in [0.29, 0.717) is 0 Å². The van der Waals surface area contributed by atoms with Gasteiger partial charge in [-0.2, -0.15) is 5.10 Å². The molecule has 0 saturated carbocycles. The Kier molecular flexibility index (Phi) is 3.49. The summed E-state index contributed by atoms with van der Waals surface area (Å²) in [5.74, 6) is 0.295. The number of nitrogens with zero attached hydrogens (tertiary/aromatic N) is 1. The lowest BCUT2D eigenvalue weighted by atomic mass is 10.3. The van der Waals surface area contributed by atoms with E-state index in [1.54, 1.807) is 19.1 Å². The molecular weight excluding hydrogens is 184 g/mol. The zero-order valence-corrected chi connectivity index (χ0v) is 7.60. The second kappa shape index (κ2) is 4.86. The fraction of sp³-hybridized carbons (Fsp3) is 0.111. The highest BCUT2D eigenvalue weighted by Gasteiger charge is 2.02. The molecule has 0 aliphatic carbocycles. The van der Waals surface area contributed by atoms with E-state index < -0.39 is 6.09 Å². The van der Waals surface area contributed by atoms with Crippen LogP contribution in [0.25, 0.3) is 0 Å². The van der Waals surface area contributed by atoms with Crippen LogP contribution in [0.5, 0.6) is 11.5 Å². The van der Waals surface area contributed by atoms with Crippen LogP contribution in [0.1, 0.15) is 6.92 Å². The lowest BCUT2D eigenvalue weighted by Crippen LogP contribution is -2.21. The molecular formula is C9H10N2O3. The maximum absolute atomic E-state index is 11.0. The molecule has 0 aliphatic heterocycles. The van der Waals surface area contributed by atoms with Gasteiger partial charge in [-0.05, 0) is 19.1 Å². The van der Waals surface area contributed by atoms with Crippen molar-refractivity contribution in [2.45, 2.75) is 6.92 Å². The molecule has 1 rings (SSSR count). The van der Waals surface area contributed by atoms with Crippen molar-refractivity contribution >= 4 is 12.3 Å².